The van der Waals surface area contributed by atoms with Crippen molar-refractivity contribution in [2.45, 2.75) is 24.8 Å². The van der Waals surface area contributed by atoms with Crippen molar-refractivity contribution in [2.24, 2.45) is 0 Å². The van der Waals surface area contributed by atoms with E-state index in [2.05, 4.69) is 9.97 Å². The van der Waals surface area contributed by atoms with Crippen molar-refractivity contribution in [3.8, 4) is 0 Å². The molecule has 0 amide bonds. The van der Waals surface area contributed by atoms with Gasteiger partial charge in [0.15, 0.2) is 5.69 Å². The van der Waals surface area contributed by atoms with Gasteiger partial charge in [-0.15, -0.1) is 0 Å². The van der Waals surface area contributed by atoms with Crippen molar-refractivity contribution in [2.75, 3.05) is 13.7 Å². The van der Waals surface area contributed by atoms with Crippen molar-refractivity contribution in [1.29, 1.82) is 0 Å². The summed E-state index contributed by atoms with van der Waals surface area (Å²) >= 11 is 0. The number of nitrogens with zero attached hydrogens (tertiary/aromatic N) is 3. The fraction of sp³-hybridized carbons (Fsp3) is 0.250. The molecule has 0 bridgehead atoms. The number of carbonyl (C=O) groups is 1. The Kier molecular flexibility index (Phi) is 4.60. The predicted molar refractivity (Wildman–Crippen MR) is 103 cm³/mol. The number of hydrogen-bond acceptors (Lipinski definition) is 6. The number of pyridine rings is 2. The minimum atomic E-state index is -3.77. The van der Waals surface area contributed by atoms with Crippen LogP contribution in [-0.4, -0.2) is 42.3 Å². The predicted octanol–water partition coefficient (Wildman–Crippen LogP) is 2.47. The van der Waals surface area contributed by atoms with Crippen LogP contribution in [0.3, 0.4) is 0 Å². The molecule has 144 valence electrons. The second-order valence-corrected chi connectivity index (χ2v) is 8.54. The zero-order valence-corrected chi connectivity index (χ0v) is 16.4. The maximum atomic E-state index is 13.5. The van der Waals surface area contributed by atoms with Gasteiger partial charge in [-0.3, -0.25) is 4.98 Å². The molecule has 0 fully saturated rings. The molecule has 1 aromatic carbocycles. The molecule has 0 radical (unpaired) electrons. The number of sulfonamides is 1. The molecule has 0 N–H and O–H groups in total. The van der Waals surface area contributed by atoms with E-state index in [0.29, 0.717) is 17.5 Å². The van der Waals surface area contributed by atoms with Crippen molar-refractivity contribution < 1.29 is 17.9 Å². The van der Waals surface area contributed by atoms with Crippen LogP contribution in [0.4, 0.5) is 0 Å². The molecule has 1 aliphatic rings. The van der Waals surface area contributed by atoms with E-state index in [0.717, 1.165) is 16.5 Å². The van der Waals surface area contributed by atoms with Crippen molar-refractivity contribution in [3.05, 3.63) is 65.1 Å². The molecular weight excluding hydrogens is 378 g/mol. The van der Waals surface area contributed by atoms with Gasteiger partial charge in [-0.25, -0.2) is 18.2 Å². The number of aryl methyl sites for hydroxylation is 1. The number of methoxy groups -OCH3 is 1. The van der Waals surface area contributed by atoms with E-state index < -0.39 is 16.0 Å². The molecule has 0 atom stereocenters. The quantitative estimate of drug-likeness (QED) is 0.631. The summed E-state index contributed by atoms with van der Waals surface area (Å²) in [4.78, 5) is 20.6. The Morgan fingerprint density at radius 2 is 1.96 bits per heavy atom. The Balaban J connectivity index is 1.78. The monoisotopic (exact) mass is 397 g/mol. The average Bonchev–Trinajstić information content (AvgIpc) is 2.71. The Morgan fingerprint density at radius 3 is 2.75 bits per heavy atom. The summed E-state index contributed by atoms with van der Waals surface area (Å²) in [5, 5.41) is 0.779. The van der Waals surface area contributed by atoms with Crippen molar-refractivity contribution in [1.82, 2.24) is 14.3 Å². The maximum Gasteiger partial charge on any atom is 0.356 e. The van der Waals surface area contributed by atoms with Gasteiger partial charge in [0.05, 0.1) is 12.6 Å². The van der Waals surface area contributed by atoms with Gasteiger partial charge in [-0.05, 0) is 42.2 Å². The summed E-state index contributed by atoms with van der Waals surface area (Å²) in [6.07, 6.45) is 3.50. The van der Waals surface area contributed by atoms with Crippen LogP contribution < -0.4 is 0 Å². The number of aromatic nitrogens is 2. The van der Waals surface area contributed by atoms with E-state index in [-0.39, 0.29) is 23.7 Å². The van der Waals surface area contributed by atoms with E-state index in [4.69, 9.17) is 4.74 Å². The van der Waals surface area contributed by atoms with Gasteiger partial charge in [0, 0.05) is 30.9 Å². The highest BCUT2D eigenvalue weighted by atomic mass is 32.2. The third-order valence-electron chi connectivity index (χ3n) is 5.01. The first-order chi connectivity index (χ1) is 13.4. The molecule has 0 aliphatic carbocycles. The SMILES string of the molecule is COC(=O)c1nccc2c1CCN(S(=O)(=O)c1c(C)ccc3cccnc13)C2. The fourth-order valence-corrected chi connectivity index (χ4v) is 5.41. The van der Waals surface area contributed by atoms with Crippen LogP contribution in [0.1, 0.15) is 27.2 Å². The van der Waals surface area contributed by atoms with E-state index in [1.54, 1.807) is 31.3 Å². The van der Waals surface area contributed by atoms with Crippen LogP contribution in [0.2, 0.25) is 0 Å². The number of fused-ring (bicyclic) bond motifs is 2. The lowest BCUT2D eigenvalue weighted by Crippen LogP contribution is -2.37. The third-order valence-corrected chi connectivity index (χ3v) is 7.04. The first-order valence-corrected chi connectivity index (χ1v) is 10.3. The summed E-state index contributed by atoms with van der Waals surface area (Å²) in [6, 6.07) is 9.05. The van der Waals surface area contributed by atoms with Crippen molar-refractivity contribution in [3.63, 3.8) is 0 Å². The van der Waals surface area contributed by atoms with E-state index in [9.17, 15) is 13.2 Å². The highest BCUT2D eigenvalue weighted by Crippen LogP contribution is 2.31. The Hall–Kier alpha value is -2.84. The lowest BCUT2D eigenvalue weighted by atomic mass is 10.00. The number of carbonyl (C=O) groups excluding carboxylic acids is 1. The normalized spacial score (nSPS) is 14.6. The molecular formula is C20H19N3O4S. The molecule has 0 unspecified atom stereocenters. The lowest BCUT2D eigenvalue weighted by molar-refractivity contribution is 0.0592. The summed E-state index contributed by atoms with van der Waals surface area (Å²) in [5.41, 5.74) is 2.88. The molecule has 7 nitrogen and oxygen atoms in total. The van der Waals surface area contributed by atoms with Gasteiger partial charge < -0.3 is 4.74 Å². The molecule has 28 heavy (non-hydrogen) atoms. The van der Waals surface area contributed by atoms with Crippen LogP contribution >= 0.6 is 0 Å². The van der Waals surface area contributed by atoms with Gasteiger partial charge in [0.1, 0.15) is 4.90 Å². The standard InChI is InChI=1S/C20H19N3O4S/c1-13-5-6-14-4-3-9-21-17(14)19(13)28(25,26)23-11-8-16-15(12-23)7-10-22-18(16)20(24)27-2/h3-7,9-10H,8,11-12H2,1-2H3. The lowest BCUT2D eigenvalue weighted by Gasteiger charge is -2.29. The Morgan fingerprint density at radius 1 is 1.14 bits per heavy atom. The summed E-state index contributed by atoms with van der Waals surface area (Å²) in [5.74, 6) is -0.512. The van der Waals surface area contributed by atoms with Crippen LogP contribution in [-0.2, 0) is 27.7 Å². The first kappa shape index (κ1) is 18.5. The molecule has 2 aromatic heterocycles. The largest absolute Gasteiger partial charge is 0.464 e. The number of hydrogen-bond donors (Lipinski definition) is 0. The smallest absolute Gasteiger partial charge is 0.356 e. The maximum absolute atomic E-state index is 13.5. The van der Waals surface area contributed by atoms with Gasteiger partial charge >= 0.3 is 5.97 Å². The fourth-order valence-electron chi connectivity index (χ4n) is 3.62. The molecule has 0 spiro atoms. The molecule has 8 heteroatoms. The van der Waals surface area contributed by atoms with Crippen LogP contribution in [0, 0.1) is 6.92 Å². The van der Waals surface area contributed by atoms with Gasteiger partial charge in [-0.1, -0.05) is 18.2 Å². The van der Waals surface area contributed by atoms with E-state index in [1.807, 2.05) is 12.1 Å². The highest BCUT2D eigenvalue weighted by Gasteiger charge is 2.33. The van der Waals surface area contributed by atoms with Crippen molar-refractivity contribution >= 4 is 26.9 Å². The average molecular weight is 397 g/mol. The van der Waals surface area contributed by atoms with E-state index >= 15 is 0 Å². The summed E-state index contributed by atoms with van der Waals surface area (Å²) in [7, 11) is -2.46. The zero-order chi connectivity index (χ0) is 19.9. The topological polar surface area (TPSA) is 89.5 Å². The number of benzene rings is 1. The minimum absolute atomic E-state index is 0.173. The minimum Gasteiger partial charge on any atom is -0.464 e. The molecule has 0 saturated heterocycles. The third kappa shape index (κ3) is 2.94. The molecule has 0 saturated carbocycles. The number of esters is 1. The van der Waals surface area contributed by atoms with Crippen LogP contribution in [0.25, 0.3) is 10.9 Å². The van der Waals surface area contributed by atoms with Crippen LogP contribution in [0.15, 0.2) is 47.6 Å². The zero-order valence-electron chi connectivity index (χ0n) is 15.5. The first-order valence-electron chi connectivity index (χ1n) is 8.83. The summed E-state index contributed by atoms with van der Waals surface area (Å²) < 4.78 is 33.2. The molecule has 4 rings (SSSR count). The highest BCUT2D eigenvalue weighted by molar-refractivity contribution is 7.89. The number of ether oxygens (including phenoxy) is 1. The summed E-state index contributed by atoms with van der Waals surface area (Å²) in [6.45, 7) is 2.21. The van der Waals surface area contributed by atoms with Gasteiger partial charge in [0.2, 0.25) is 10.0 Å². The Bertz CT molecular complexity index is 1190. The molecule has 3 heterocycles. The number of rotatable bonds is 3. The van der Waals surface area contributed by atoms with Gasteiger partial charge in [-0.2, -0.15) is 4.31 Å². The van der Waals surface area contributed by atoms with Crippen LogP contribution in [0.5, 0.6) is 0 Å². The second kappa shape index (κ2) is 6.96. The second-order valence-electron chi connectivity index (χ2n) is 6.66. The van der Waals surface area contributed by atoms with E-state index in [1.165, 1.54) is 17.6 Å². The Labute approximate surface area is 163 Å². The van der Waals surface area contributed by atoms with Gasteiger partial charge in [0.25, 0.3) is 0 Å². The molecule has 3 aromatic rings. The molecule has 1 aliphatic heterocycles.